The molecule has 1 aliphatic heterocycles. The molecule has 25 heavy (non-hydrogen) atoms. The molecule has 2 aromatic rings. The molecule has 0 aromatic carbocycles. The zero-order valence-electron chi connectivity index (χ0n) is 14.6. The standard InChI is InChI=1S/C17H25N5O2S/c1-2-20(13-14-7-5-12-25-14)16(23)18-9-6-11-22-17(24)21-10-4-3-8-15(21)19-22/h5,7,12H,2-4,6,8-11,13H2,1H3,(H,18,23). The van der Waals surface area contributed by atoms with Crippen LogP contribution in [0.25, 0.3) is 0 Å². The number of carbonyl (C=O) groups is 1. The molecule has 0 saturated heterocycles. The predicted octanol–water partition coefficient (Wildman–Crippen LogP) is 2.06. The minimum Gasteiger partial charge on any atom is -0.338 e. The molecule has 0 fully saturated rings. The molecule has 2 aromatic heterocycles. The largest absolute Gasteiger partial charge is 0.345 e. The topological polar surface area (TPSA) is 72.2 Å². The molecular weight excluding hydrogens is 338 g/mol. The van der Waals surface area contributed by atoms with E-state index in [-0.39, 0.29) is 11.7 Å². The predicted molar refractivity (Wildman–Crippen MR) is 97.8 cm³/mol. The lowest BCUT2D eigenvalue weighted by Crippen LogP contribution is -2.40. The zero-order valence-corrected chi connectivity index (χ0v) is 15.4. The van der Waals surface area contributed by atoms with Crippen LogP contribution in [0.5, 0.6) is 0 Å². The molecule has 0 saturated carbocycles. The Morgan fingerprint density at radius 3 is 3.04 bits per heavy atom. The van der Waals surface area contributed by atoms with Gasteiger partial charge in [-0.3, -0.25) is 4.57 Å². The molecule has 1 N–H and O–H groups in total. The van der Waals surface area contributed by atoms with Gasteiger partial charge in [-0.25, -0.2) is 14.3 Å². The summed E-state index contributed by atoms with van der Waals surface area (Å²) in [6.07, 6.45) is 3.72. The number of urea groups is 1. The SMILES string of the molecule is CCN(Cc1cccs1)C(=O)NCCCn1nc2n(c1=O)CCCC2. The van der Waals surface area contributed by atoms with Crippen molar-refractivity contribution in [2.24, 2.45) is 0 Å². The number of fused-ring (bicyclic) bond motifs is 1. The first-order chi connectivity index (χ1) is 12.2. The van der Waals surface area contributed by atoms with Gasteiger partial charge in [0.05, 0.1) is 6.54 Å². The molecule has 8 heteroatoms. The Kier molecular flexibility index (Phi) is 5.91. The molecule has 0 bridgehead atoms. The van der Waals surface area contributed by atoms with Crippen molar-refractivity contribution in [1.82, 2.24) is 24.6 Å². The van der Waals surface area contributed by atoms with Crippen molar-refractivity contribution in [3.8, 4) is 0 Å². The molecule has 0 aliphatic carbocycles. The first kappa shape index (κ1) is 17.7. The molecule has 136 valence electrons. The van der Waals surface area contributed by atoms with E-state index in [2.05, 4.69) is 10.4 Å². The van der Waals surface area contributed by atoms with Gasteiger partial charge in [0, 0.05) is 37.5 Å². The van der Waals surface area contributed by atoms with Crippen molar-refractivity contribution < 1.29 is 4.79 Å². The monoisotopic (exact) mass is 363 g/mol. The van der Waals surface area contributed by atoms with Crippen LogP contribution in [0.1, 0.15) is 36.9 Å². The van der Waals surface area contributed by atoms with E-state index in [9.17, 15) is 9.59 Å². The van der Waals surface area contributed by atoms with Gasteiger partial charge >= 0.3 is 11.7 Å². The van der Waals surface area contributed by atoms with Gasteiger partial charge in [-0.1, -0.05) is 6.07 Å². The molecule has 0 radical (unpaired) electrons. The maximum Gasteiger partial charge on any atom is 0.345 e. The highest BCUT2D eigenvalue weighted by molar-refractivity contribution is 7.09. The van der Waals surface area contributed by atoms with Crippen molar-refractivity contribution in [2.45, 2.75) is 52.2 Å². The van der Waals surface area contributed by atoms with E-state index in [1.54, 1.807) is 20.8 Å². The molecule has 1 aliphatic rings. The van der Waals surface area contributed by atoms with Crippen LogP contribution in [-0.4, -0.2) is 38.4 Å². The van der Waals surface area contributed by atoms with E-state index >= 15 is 0 Å². The number of carbonyl (C=O) groups excluding carboxylic acids is 1. The van der Waals surface area contributed by atoms with Crippen molar-refractivity contribution >= 4 is 17.4 Å². The summed E-state index contributed by atoms with van der Waals surface area (Å²) in [5.74, 6) is 0.897. The second-order valence-corrected chi connectivity index (χ2v) is 7.24. The number of nitrogens with one attached hydrogen (secondary N) is 1. The first-order valence-corrected chi connectivity index (χ1v) is 9.78. The number of amides is 2. The van der Waals surface area contributed by atoms with E-state index in [1.165, 1.54) is 9.56 Å². The Balaban J connectivity index is 1.45. The van der Waals surface area contributed by atoms with Crippen molar-refractivity contribution in [3.63, 3.8) is 0 Å². The average Bonchev–Trinajstić information content (AvgIpc) is 3.25. The van der Waals surface area contributed by atoms with Crippen LogP contribution in [0.2, 0.25) is 0 Å². The van der Waals surface area contributed by atoms with Gasteiger partial charge in [-0.2, -0.15) is 5.10 Å². The zero-order chi connectivity index (χ0) is 17.6. The van der Waals surface area contributed by atoms with E-state index in [0.717, 1.165) is 31.6 Å². The van der Waals surface area contributed by atoms with E-state index < -0.39 is 0 Å². The third-order valence-electron chi connectivity index (χ3n) is 4.45. The Labute approximate surface area is 151 Å². The second-order valence-electron chi connectivity index (χ2n) is 6.21. The number of thiophene rings is 1. The Morgan fingerprint density at radius 1 is 1.44 bits per heavy atom. The Bertz CT molecular complexity index is 750. The van der Waals surface area contributed by atoms with Crippen molar-refractivity contribution in [3.05, 3.63) is 38.7 Å². The van der Waals surface area contributed by atoms with E-state index in [0.29, 0.717) is 32.6 Å². The van der Waals surface area contributed by atoms with Crippen LogP contribution in [0.15, 0.2) is 22.3 Å². The summed E-state index contributed by atoms with van der Waals surface area (Å²) < 4.78 is 3.32. The summed E-state index contributed by atoms with van der Waals surface area (Å²) in [6.45, 7) is 5.12. The molecule has 3 rings (SSSR count). The number of hydrogen-bond acceptors (Lipinski definition) is 4. The average molecular weight is 363 g/mol. The summed E-state index contributed by atoms with van der Waals surface area (Å²) >= 11 is 1.65. The summed E-state index contributed by atoms with van der Waals surface area (Å²) in [5.41, 5.74) is -0.0195. The molecule has 3 heterocycles. The summed E-state index contributed by atoms with van der Waals surface area (Å²) in [6, 6.07) is 3.97. The Hall–Kier alpha value is -2.09. The maximum atomic E-state index is 12.3. The first-order valence-electron chi connectivity index (χ1n) is 8.90. The van der Waals surface area contributed by atoms with Crippen molar-refractivity contribution in [1.29, 1.82) is 0 Å². The van der Waals surface area contributed by atoms with Gasteiger partial charge in [0.25, 0.3) is 0 Å². The smallest absolute Gasteiger partial charge is 0.338 e. The van der Waals surface area contributed by atoms with Crippen LogP contribution in [0.4, 0.5) is 4.79 Å². The second kappa shape index (κ2) is 8.33. The fourth-order valence-electron chi connectivity index (χ4n) is 3.05. The quantitative estimate of drug-likeness (QED) is 0.766. The molecule has 0 unspecified atom stereocenters. The normalized spacial score (nSPS) is 13.5. The van der Waals surface area contributed by atoms with Gasteiger partial charge in [-0.15, -0.1) is 11.3 Å². The summed E-state index contributed by atoms with van der Waals surface area (Å²) in [5, 5.41) is 9.37. The number of aromatic nitrogens is 3. The molecule has 0 atom stereocenters. The lowest BCUT2D eigenvalue weighted by atomic mass is 10.2. The molecule has 0 spiro atoms. The van der Waals surface area contributed by atoms with Crippen LogP contribution in [0.3, 0.4) is 0 Å². The third kappa shape index (κ3) is 4.31. The highest BCUT2D eigenvalue weighted by Gasteiger charge is 2.16. The van der Waals surface area contributed by atoms with Crippen LogP contribution in [-0.2, 0) is 26.1 Å². The van der Waals surface area contributed by atoms with Crippen LogP contribution >= 0.6 is 11.3 Å². The number of aryl methyl sites for hydroxylation is 2. The highest BCUT2D eigenvalue weighted by Crippen LogP contribution is 2.12. The minimum atomic E-state index is -0.0626. The fourth-order valence-corrected chi connectivity index (χ4v) is 3.77. The number of nitrogens with zero attached hydrogens (tertiary/aromatic N) is 4. The van der Waals surface area contributed by atoms with Crippen molar-refractivity contribution in [2.75, 3.05) is 13.1 Å². The summed E-state index contributed by atoms with van der Waals surface area (Å²) in [4.78, 5) is 27.5. The lowest BCUT2D eigenvalue weighted by Gasteiger charge is -2.20. The number of rotatable bonds is 7. The van der Waals surface area contributed by atoms with Crippen LogP contribution < -0.4 is 11.0 Å². The molecule has 2 amide bonds. The van der Waals surface area contributed by atoms with Gasteiger partial charge in [0.15, 0.2) is 0 Å². The van der Waals surface area contributed by atoms with Gasteiger partial charge in [0.2, 0.25) is 0 Å². The van der Waals surface area contributed by atoms with E-state index in [1.807, 2.05) is 24.4 Å². The van der Waals surface area contributed by atoms with E-state index in [4.69, 9.17) is 0 Å². The van der Waals surface area contributed by atoms with Gasteiger partial charge < -0.3 is 10.2 Å². The number of hydrogen-bond donors (Lipinski definition) is 1. The highest BCUT2D eigenvalue weighted by atomic mass is 32.1. The Morgan fingerprint density at radius 2 is 2.32 bits per heavy atom. The lowest BCUT2D eigenvalue weighted by molar-refractivity contribution is 0.198. The maximum absolute atomic E-state index is 12.3. The third-order valence-corrected chi connectivity index (χ3v) is 5.31. The molecule has 7 nitrogen and oxygen atoms in total. The van der Waals surface area contributed by atoms with Gasteiger partial charge in [0.1, 0.15) is 5.82 Å². The van der Waals surface area contributed by atoms with Gasteiger partial charge in [-0.05, 0) is 37.6 Å². The molecular formula is C17H25N5O2S. The fraction of sp³-hybridized carbons (Fsp3) is 0.588. The van der Waals surface area contributed by atoms with Crippen LogP contribution in [0, 0.1) is 0 Å². The summed E-state index contributed by atoms with van der Waals surface area (Å²) in [7, 11) is 0. The minimum absolute atomic E-state index is 0.0195.